The van der Waals surface area contributed by atoms with Crippen LogP contribution in [0.2, 0.25) is 0 Å². The zero-order valence-corrected chi connectivity index (χ0v) is 11.3. The maximum Gasteiger partial charge on any atom is 0.105 e. The van der Waals surface area contributed by atoms with E-state index in [2.05, 4.69) is 23.2 Å². The Bertz CT molecular complexity index is 689. The predicted octanol–water partition coefficient (Wildman–Crippen LogP) is 3.51. The molecular formula is C17H18N2O. The van der Waals surface area contributed by atoms with Gasteiger partial charge in [0.2, 0.25) is 0 Å². The van der Waals surface area contributed by atoms with E-state index in [-0.39, 0.29) is 0 Å². The second-order valence-corrected chi connectivity index (χ2v) is 4.85. The number of para-hydroxylation sites is 1. The van der Waals surface area contributed by atoms with Crippen molar-refractivity contribution in [3.05, 3.63) is 65.7 Å². The van der Waals surface area contributed by atoms with Gasteiger partial charge in [-0.1, -0.05) is 48.5 Å². The van der Waals surface area contributed by atoms with Gasteiger partial charge >= 0.3 is 0 Å². The van der Waals surface area contributed by atoms with Gasteiger partial charge in [-0.3, -0.25) is 0 Å². The molecule has 0 aliphatic rings. The van der Waals surface area contributed by atoms with Crippen molar-refractivity contribution in [1.82, 2.24) is 4.98 Å². The maximum absolute atomic E-state index is 6.04. The fourth-order valence-corrected chi connectivity index (χ4v) is 2.43. The Morgan fingerprint density at radius 1 is 0.950 bits per heavy atom. The lowest BCUT2D eigenvalue weighted by Gasteiger charge is -2.05. The number of fused-ring (bicyclic) bond motifs is 1. The molecule has 20 heavy (non-hydrogen) atoms. The third-order valence-corrected chi connectivity index (χ3v) is 3.45. The largest absolute Gasteiger partial charge is 0.385 e. The molecule has 3 nitrogen and oxygen atoms in total. The van der Waals surface area contributed by atoms with Crippen molar-refractivity contribution in [1.29, 1.82) is 0 Å². The van der Waals surface area contributed by atoms with Gasteiger partial charge in [-0.15, -0.1) is 0 Å². The van der Waals surface area contributed by atoms with E-state index in [1.807, 2.05) is 36.4 Å². The summed E-state index contributed by atoms with van der Waals surface area (Å²) in [6.45, 7) is 1.31. The number of nitrogens with one attached hydrogen (secondary N) is 1. The summed E-state index contributed by atoms with van der Waals surface area (Å²) in [6.07, 6.45) is 0.822. The van der Waals surface area contributed by atoms with Crippen molar-refractivity contribution in [3.63, 3.8) is 0 Å². The van der Waals surface area contributed by atoms with Crippen LogP contribution in [0.15, 0.2) is 54.6 Å². The van der Waals surface area contributed by atoms with Crippen molar-refractivity contribution in [3.8, 4) is 0 Å². The molecule has 0 aliphatic carbocycles. The molecule has 1 heterocycles. The number of nitrogens with two attached hydrogens (primary N) is 1. The molecule has 0 amide bonds. The number of aromatic amines is 1. The molecule has 0 saturated heterocycles. The zero-order valence-electron chi connectivity index (χ0n) is 11.3. The summed E-state index contributed by atoms with van der Waals surface area (Å²) in [5.74, 6) is 0.745. The molecule has 102 valence electrons. The van der Waals surface area contributed by atoms with Gasteiger partial charge in [-0.2, -0.15) is 0 Å². The smallest absolute Gasteiger partial charge is 0.105 e. The van der Waals surface area contributed by atoms with Crippen LogP contribution in [0.3, 0.4) is 0 Å². The molecule has 0 fully saturated rings. The van der Waals surface area contributed by atoms with E-state index in [0.29, 0.717) is 13.2 Å². The first kappa shape index (κ1) is 12.8. The minimum absolute atomic E-state index is 0.642. The van der Waals surface area contributed by atoms with Crippen molar-refractivity contribution in [2.45, 2.75) is 13.0 Å². The molecule has 0 radical (unpaired) electrons. The molecule has 2 aromatic carbocycles. The van der Waals surface area contributed by atoms with Crippen LogP contribution in [0.1, 0.15) is 11.1 Å². The molecular weight excluding hydrogens is 248 g/mol. The lowest BCUT2D eigenvalue weighted by atomic mass is 10.1. The van der Waals surface area contributed by atoms with Crippen LogP contribution in [-0.4, -0.2) is 11.6 Å². The summed E-state index contributed by atoms with van der Waals surface area (Å²) in [6, 6.07) is 18.4. The minimum atomic E-state index is 0.642. The number of benzene rings is 2. The van der Waals surface area contributed by atoms with E-state index in [9.17, 15) is 0 Å². The van der Waals surface area contributed by atoms with Crippen LogP contribution in [-0.2, 0) is 17.8 Å². The Morgan fingerprint density at radius 3 is 2.55 bits per heavy atom. The molecule has 0 spiro atoms. The molecule has 1 aromatic heterocycles. The Morgan fingerprint density at radius 2 is 1.70 bits per heavy atom. The summed E-state index contributed by atoms with van der Waals surface area (Å²) in [4.78, 5) is 3.21. The number of anilines is 1. The van der Waals surface area contributed by atoms with Crippen molar-refractivity contribution < 1.29 is 4.74 Å². The van der Waals surface area contributed by atoms with Crippen LogP contribution < -0.4 is 5.73 Å². The molecule has 0 unspecified atom stereocenters. The standard InChI is InChI=1S/C17H18N2O/c18-17-15(14-8-4-5-9-16(14)19-17)10-11-20-12-13-6-2-1-3-7-13/h1-9,19H,10-12,18H2. The Balaban J connectivity index is 1.61. The SMILES string of the molecule is Nc1[nH]c2ccccc2c1CCOCc1ccccc1. The normalized spacial score (nSPS) is 11.0. The number of hydrogen-bond acceptors (Lipinski definition) is 2. The monoisotopic (exact) mass is 266 g/mol. The third kappa shape index (κ3) is 2.68. The average Bonchev–Trinajstić information content (AvgIpc) is 2.80. The number of rotatable bonds is 5. The van der Waals surface area contributed by atoms with E-state index < -0.39 is 0 Å². The number of ether oxygens (including phenoxy) is 1. The number of nitrogen functional groups attached to an aromatic ring is 1. The average molecular weight is 266 g/mol. The molecule has 0 bridgehead atoms. The first-order valence-corrected chi connectivity index (χ1v) is 6.81. The van der Waals surface area contributed by atoms with E-state index in [4.69, 9.17) is 10.5 Å². The minimum Gasteiger partial charge on any atom is -0.385 e. The molecule has 3 N–H and O–H groups in total. The van der Waals surface area contributed by atoms with E-state index in [1.165, 1.54) is 10.9 Å². The van der Waals surface area contributed by atoms with Gasteiger partial charge in [-0.05, 0) is 11.6 Å². The summed E-state index contributed by atoms with van der Waals surface area (Å²) in [5.41, 5.74) is 9.46. The van der Waals surface area contributed by atoms with Crippen LogP contribution in [0.4, 0.5) is 5.82 Å². The Labute approximate surface area is 118 Å². The fourth-order valence-electron chi connectivity index (χ4n) is 2.43. The number of H-pyrrole nitrogens is 1. The van der Waals surface area contributed by atoms with Gasteiger partial charge < -0.3 is 15.5 Å². The molecule has 0 saturated carbocycles. The van der Waals surface area contributed by atoms with Crippen molar-refractivity contribution >= 4 is 16.7 Å². The van der Waals surface area contributed by atoms with Gasteiger partial charge in [0, 0.05) is 22.9 Å². The number of aromatic nitrogens is 1. The summed E-state index contributed by atoms with van der Waals surface area (Å²) >= 11 is 0. The second kappa shape index (κ2) is 5.80. The van der Waals surface area contributed by atoms with E-state index in [0.717, 1.165) is 23.3 Å². The number of hydrogen-bond donors (Lipinski definition) is 2. The first-order valence-electron chi connectivity index (χ1n) is 6.81. The van der Waals surface area contributed by atoms with E-state index in [1.54, 1.807) is 0 Å². The van der Waals surface area contributed by atoms with Gasteiger partial charge in [0.1, 0.15) is 5.82 Å². The zero-order chi connectivity index (χ0) is 13.8. The predicted molar refractivity (Wildman–Crippen MR) is 82.5 cm³/mol. The lowest BCUT2D eigenvalue weighted by Crippen LogP contribution is -2.01. The highest BCUT2D eigenvalue weighted by Crippen LogP contribution is 2.24. The highest BCUT2D eigenvalue weighted by atomic mass is 16.5. The second-order valence-electron chi connectivity index (χ2n) is 4.85. The maximum atomic E-state index is 6.04. The first-order chi connectivity index (χ1) is 9.84. The van der Waals surface area contributed by atoms with E-state index >= 15 is 0 Å². The third-order valence-electron chi connectivity index (χ3n) is 3.45. The molecule has 0 atom stereocenters. The summed E-state index contributed by atoms with van der Waals surface area (Å²) in [7, 11) is 0. The van der Waals surface area contributed by atoms with Crippen LogP contribution in [0, 0.1) is 0 Å². The molecule has 3 rings (SSSR count). The van der Waals surface area contributed by atoms with Gasteiger partial charge in [0.15, 0.2) is 0 Å². The van der Waals surface area contributed by atoms with Gasteiger partial charge in [0.05, 0.1) is 13.2 Å². The summed E-state index contributed by atoms with van der Waals surface area (Å²) in [5, 5.41) is 1.19. The van der Waals surface area contributed by atoms with Crippen LogP contribution in [0.25, 0.3) is 10.9 Å². The van der Waals surface area contributed by atoms with Gasteiger partial charge in [0.25, 0.3) is 0 Å². The quantitative estimate of drug-likeness (QED) is 0.694. The Kier molecular flexibility index (Phi) is 3.70. The molecule has 0 aliphatic heterocycles. The fraction of sp³-hybridized carbons (Fsp3) is 0.176. The highest BCUT2D eigenvalue weighted by Gasteiger charge is 2.08. The molecule has 3 aromatic rings. The lowest BCUT2D eigenvalue weighted by molar-refractivity contribution is 0.124. The van der Waals surface area contributed by atoms with Crippen molar-refractivity contribution in [2.75, 3.05) is 12.3 Å². The van der Waals surface area contributed by atoms with Crippen LogP contribution in [0.5, 0.6) is 0 Å². The summed E-state index contributed by atoms with van der Waals surface area (Å²) < 4.78 is 5.73. The van der Waals surface area contributed by atoms with Gasteiger partial charge in [-0.25, -0.2) is 0 Å². The van der Waals surface area contributed by atoms with Crippen molar-refractivity contribution in [2.24, 2.45) is 0 Å². The Hall–Kier alpha value is -2.26. The highest BCUT2D eigenvalue weighted by molar-refractivity contribution is 5.88. The molecule has 3 heteroatoms. The topological polar surface area (TPSA) is 51.0 Å². The van der Waals surface area contributed by atoms with Crippen LogP contribution >= 0.6 is 0 Å².